The summed E-state index contributed by atoms with van der Waals surface area (Å²) in [5.41, 5.74) is 1.76. The van der Waals surface area contributed by atoms with Crippen molar-refractivity contribution in [1.29, 1.82) is 0 Å². The van der Waals surface area contributed by atoms with Crippen LogP contribution in [0.3, 0.4) is 0 Å². The molecule has 54 heavy (non-hydrogen) atoms. The lowest BCUT2D eigenvalue weighted by molar-refractivity contribution is -0.142. The quantitative estimate of drug-likeness (QED) is 0.159. The molecule has 2 amide bonds. The smallest absolute Gasteiger partial charge is 0.410 e. The van der Waals surface area contributed by atoms with E-state index in [0.717, 1.165) is 5.56 Å². The molecule has 0 aliphatic carbocycles. The van der Waals surface area contributed by atoms with Crippen LogP contribution >= 0.6 is 0 Å². The minimum atomic E-state index is -4.48. The lowest BCUT2D eigenvalue weighted by Crippen LogP contribution is -2.64. The summed E-state index contributed by atoms with van der Waals surface area (Å²) in [5.74, 6) is -0.992. The van der Waals surface area contributed by atoms with Gasteiger partial charge in [-0.1, -0.05) is 66.7 Å². The third kappa shape index (κ3) is 8.79. The molecule has 0 radical (unpaired) electrons. The van der Waals surface area contributed by atoms with E-state index in [-0.39, 0.29) is 37.3 Å². The Bertz CT molecular complexity index is 2040. The molecule has 0 saturated carbocycles. The average Bonchev–Trinajstić information content (AvgIpc) is 3.16. The normalized spacial score (nSPS) is 16.5. The first-order chi connectivity index (χ1) is 25.7. The molecule has 0 aromatic heterocycles. The maximum atomic E-state index is 14.5. The minimum Gasteiger partial charge on any atom is -0.496 e. The van der Waals surface area contributed by atoms with Crippen LogP contribution in [0.5, 0.6) is 17.2 Å². The number of methoxy groups -OCH3 is 2. The summed E-state index contributed by atoms with van der Waals surface area (Å²) in [6.45, 7) is 4.84. The van der Waals surface area contributed by atoms with Crippen molar-refractivity contribution in [3.05, 3.63) is 108 Å². The van der Waals surface area contributed by atoms with Crippen LogP contribution in [0, 0.1) is 0 Å². The summed E-state index contributed by atoms with van der Waals surface area (Å²) in [4.78, 5) is 41.7. The molecule has 13 heteroatoms. The van der Waals surface area contributed by atoms with Gasteiger partial charge < -0.3 is 34.3 Å². The third-order valence-corrected chi connectivity index (χ3v) is 11.6. The van der Waals surface area contributed by atoms with Crippen LogP contribution in [-0.2, 0) is 37.2 Å². The monoisotopic (exact) mass is 758 g/mol. The van der Waals surface area contributed by atoms with E-state index >= 15 is 0 Å². The van der Waals surface area contributed by atoms with E-state index in [4.69, 9.17) is 18.9 Å². The van der Waals surface area contributed by atoms with Crippen molar-refractivity contribution in [1.82, 2.24) is 10.2 Å². The van der Waals surface area contributed by atoms with Gasteiger partial charge in [-0.3, -0.25) is 4.79 Å². The summed E-state index contributed by atoms with van der Waals surface area (Å²) < 4.78 is 49.8. The van der Waals surface area contributed by atoms with Crippen molar-refractivity contribution >= 4 is 27.8 Å². The van der Waals surface area contributed by atoms with Crippen LogP contribution in [0.25, 0.3) is 11.1 Å². The van der Waals surface area contributed by atoms with Gasteiger partial charge in [0.15, 0.2) is 14.6 Å². The Hall–Kier alpha value is -5.56. The fraction of sp³-hybridized carbons (Fsp3) is 0.341. The maximum absolute atomic E-state index is 14.5. The number of hydrogen-bond acceptors (Lipinski definition) is 9. The topological polar surface area (TPSA) is 158 Å². The molecule has 5 rings (SSSR count). The lowest BCUT2D eigenvalue weighted by atomic mass is 9.94. The van der Waals surface area contributed by atoms with Gasteiger partial charge in [-0.05, 0) is 80.6 Å². The van der Waals surface area contributed by atoms with Crippen molar-refractivity contribution in [2.45, 2.75) is 67.9 Å². The number of carbonyl (C=O) groups excluding carboxylic acids is 2. The number of hydrogen-bond donors (Lipinski definition) is 2. The van der Waals surface area contributed by atoms with Crippen LogP contribution in [0.4, 0.5) is 4.79 Å². The van der Waals surface area contributed by atoms with Gasteiger partial charge in [0, 0.05) is 13.0 Å². The van der Waals surface area contributed by atoms with Crippen LogP contribution < -0.4 is 19.5 Å². The number of carboxylic acids is 1. The van der Waals surface area contributed by atoms with E-state index in [1.165, 1.54) is 29.2 Å². The standard InChI is InChI=1S/C41H46N2O10S/c1-40(2,3)53-39(47)43-23-13-22-41(27-43,54(48,49)31-16-10-7-11-17-31)38(46)42-32(37(44)45)24-29-20-21-30(36-33(50-4)18-12-19-34(36)51-5)25-35(29)52-26-28-14-8-6-9-15-28/h6-12,14-21,25,32H,13,22-24,26-27H2,1-5H3,(H,42,46)(H,44,45)/t32-,41?/m0/s1. The molecule has 12 nitrogen and oxygen atoms in total. The van der Waals surface area contributed by atoms with Gasteiger partial charge in [0.1, 0.15) is 35.5 Å². The van der Waals surface area contributed by atoms with E-state index in [1.807, 2.05) is 30.3 Å². The Morgan fingerprint density at radius 2 is 1.50 bits per heavy atom. The fourth-order valence-corrected chi connectivity index (χ4v) is 8.46. The van der Waals surface area contributed by atoms with Gasteiger partial charge in [0.2, 0.25) is 5.91 Å². The predicted octanol–water partition coefficient (Wildman–Crippen LogP) is 6.31. The van der Waals surface area contributed by atoms with Gasteiger partial charge in [-0.25, -0.2) is 18.0 Å². The molecule has 2 atom stereocenters. The molecule has 1 unspecified atom stereocenters. The highest BCUT2D eigenvalue weighted by Crippen LogP contribution is 2.41. The van der Waals surface area contributed by atoms with E-state index in [1.54, 1.807) is 77.5 Å². The van der Waals surface area contributed by atoms with E-state index in [9.17, 15) is 27.9 Å². The molecule has 286 valence electrons. The summed E-state index contributed by atoms with van der Waals surface area (Å²) in [5, 5.41) is 13.0. The van der Waals surface area contributed by atoms with Crippen molar-refractivity contribution in [3.8, 4) is 28.4 Å². The molecular weight excluding hydrogens is 713 g/mol. The Morgan fingerprint density at radius 3 is 2.09 bits per heavy atom. The molecule has 1 heterocycles. The molecule has 1 fully saturated rings. The number of nitrogens with one attached hydrogen (secondary N) is 1. The highest BCUT2D eigenvalue weighted by Gasteiger charge is 2.55. The molecule has 2 N–H and O–H groups in total. The molecule has 4 aromatic carbocycles. The zero-order valence-corrected chi connectivity index (χ0v) is 31.9. The number of carboxylic acid groups (broad SMARTS) is 1. The van der Waals surface area contributed by atoms with E-state index in [2.05, 4.69) is 5.32 Å². The zero-order valence-electron chi connectivity index (χ0n) is 31.0. The van der Waals surface area contributed by atoms with Gasteiger partial charge in [0.25, 0.3) is 0 Å². The molecule has 4 aromatic rings. The number of ether oxygens (including phenoxy) is 4. The number of aliphatic carboxylic acids is 1. The average molecular weight is 759 g/mol. The molecule has 0 spiro atoms. The Morgan fingerprint density at radius 1 is 0.870 bits per heavy atom. The maximum Gasteiger partial charge on any atom is 0.410 e. The van der Waals surface area contributed by atoms with Crippen LogP contribution in [0.15, 0.2) is 102 Å². The predicted molar refractivity (Wildman–Crippen MR) is 202 cm³/mol. The second-order valence-electron chi connectivity index (χ2n) is 14.0. The number of sulfone groups is 1. The lowest BCUT2D eigenvalue weighted by Gasteiger charge is -2.41. The zero-order chi connectivity index (χ0) is 39.1. The Balaban J connectivity index is 1.53. The molecule has 0 bridgehead atoms. The fourth-order valence-electron chi connectivity index (χ4n) is 6.45. The highest BCUT2D eigenvalue weighted by atomic mass is 32.2. The molecular formula is C41H46N2O10S. The first kappa shape index (κ1) is 39.6. The minimum absolute atomic E-state index is 0.128. The number of rotatable bonds is 13. The third-order valence-electron chi connectivity index (χ3n) is 9.14. The molecule has 1 aliphatic heterocycles. The number of likely N-dealkylation sites (tertiary alicyclic amines) is 1. The van der Waals surface area contributed by atoms with E-state index < -0.39 is 50.7 Å². The van der Waals surface area contributed by atoms with Crippen molar-refractivity contribution in [3.63, 3.8) is 0 Å². The number of carbonyl (C=O) groups is 3. The van der Waals surface area contributed by atoms with Gasteiger partial charge >= 0.3 is 12.1 Å². The number of nitrogens with zero attached hydrogens (tertiary/aromatic N) is 1. The van der Waals surface area contributed by atoms with Crippen molar-refractivity contribution in [2.75, 3.05) is 27.3 Å². The Labute approximate surface area is 315 Å². The largest absolute Gasteiger partial charge is 0.496 e. The number of amides is 2. The second kappa shape index (κ2) is 16.6. The summed E-state index contributed by atoms with van der Waals surface area (Å²) in [6, 6.07) is 25.9. The van der Waals surface area contributed by atoms with Crippen LogP contribution in [0.2, 0.25) is 0 Å². The SMILES string of the molecule is COc1cccc(OC)c1-c1ccc(C[C@H](NC(=O)C2(S(=O)(=O)c3ccccc3)CCCN(C(=O)OC(C)(C)C)C2)C(=O)O)c(OCc2ccccc2)c1. The first-order valence-electron chi connectivity index (χ1n) is 17.5. The van der Waals surface area contributed by atoms with Crippen molar-refractivity contribution in [2.24, 2.45) is 0 Å². The summed E-state index contributed by atoms with van der Waals surface area (Å²) in [6.07, 6.45) is -1.03. The van der Waals surface area contributed by atoms with Crippen LogP contribution in [0.1, 0.15) is 44.7 Å². The van der Waals surface area contributed by atoms with Crippen molar-refractivity contribution < 1.29 is 46.9 Å². The van der Waals surface area contributed by atoms with Crippen LogP contribution in [-0.4, -0.2) is 80.1 Å². The first-order valence-corrected chi connectivity index (χ1v) is 19.0. The van der Waals surface area contributed by atoms with Gasteiger partial charge in [-0.2, -0.15) is 0 Å². The number of piperidine rings is 1. The van der Waals surface area contributed by atoms with Gasteiger partial charge in [-0.15, -0.1) is 0 Å². The van der Waals surface area contributed by atoms with E-state index in [0.29, 0.717) is 33.9 Å². The summed E-state index contributed by atoms with van der Waals surface area (Å²) >= 11 is 0. The molecule has 1 saturated heterocycles. The summed E-state index contributed by atoms with van der Waals surface area (Å²) in [7, 11) is -1.39. The Kier molecular flexibility index (Phi) is 12.2. The highest BCUT2D eigenvalue weighted by molar-refractivity contribution is 7.93. The van der Waals surface area contributed by atoms with Gasteiger partial charge in [0.05, 0.1) is 31.2 Å². The second-order valence-corrected chi connectivity index (χ2v) is 16.3. The molecule has 1 aliphatic rings. The number of benzene rings is 4.